The van der Waals surface area contributed by atoms with Crippen molar-refractivity contribution in [3.8, 4) is 5.75 Å². The fourth-order valence-electron chi connectivity index (χ4n) is 1.45. The van der Waals surface area contributed by atoms with E-state index in [0.717, 1.165) is 11.8 Å². The van der Waals surface area contributed by atoms with E-state index >= 15 is 0 Å². The summed E-state index contributed by atoms with van der Waals surface area (Å²) in [5.74, 6) is 0.357. The van der Waals surface area contributed by atoms with Crippen LogP contribution < -0.4 is 4.74 Å². The summed E-state index contributed by atoms with van der Waals surface area (Å²) >= 11 is 0. The highest BCUT2D eigenvalue weighted by Gasteiger charge is 2.14. The lowest BCUT2D eigenvalue weighted by Gasteiger charge is -2.08. The third kappa shape index (κ3) is 3.21. The molecular formula is C11H16O4S. The largest absolute Gasteiger partial charge is 0.495 e. The van der Waals surface area contributed by atoms with Gasteiger partial charge < -0.3 is 9.84 Å². The maximum absolute atomic E-state index is 11.5. The summed E-state index contributed by atoms with van der Waals surface area (Å²) in [6, 6.07) is 5.05. The Morgan fingerprint density at radius 2 is 2.06 bits per heavy atom. The summed E-state index contributed by atoms with van der Waals surface area (Å²) in [6.07, 6.45) is 2.43. The Morgan fingerprint density at radius 1 is 1.38 bits per heavy atom. The Labute approximate surface area is 95.8 Å². The molecule has 16 heavy (non-hydrogen) atoms. The first-order chi connectivity index (χ1) is 7.49. The second-order valence-electron chi connectivity index (χ2n) is 3.58. The average Bonchev–Trinajstić information content (AvgIpc) is 2.24. The standard InChI is InChI=1S/C11H16O4S/c1-15-10-6-5-9(4-3-7-12)8-11(10)16(2,13)14/h5-6,8,12H,3-4,7H2,1-2H3. The fourth-order valence-corrected chi connectivity index (χ4v) is 2.33. The van der Waals surface area contributed by atoms with E-state index in [-0.39, 0.29) is 11.5 Å². The highest BCUT2D eigenvalue weighted by atomic mass is 32.2. The number of sulfone groups is 1. The summed E-state index contributed by atoms with van der Waals surface area (Å²) in [7, 11) is -1.84. The zero-order chi connectivity index (χ0) is 12.2. The van der Waals surface area contributed by atoms with Crippen molar-refractivity contribution in [3.05, 3.63) is 23.8 Å². The summed E-state index contributed by atoms with van der Waals surface area (Å²) in [5.41, 5.74) is 0.885. The minimum absolute atomic E-state index is 0.0975. The third-order valence-corrected chi connectivity index (χ3v) is 3.37. The summed E-state index contributed by atoms with van der Waals surface area (Å²) < 4.78 is 28.0. The minimum Gasteiger partial charge on any atom is -0.495 e. The number of aliphatic hydroxyl groups excluding tert-OH is 1. The number of hydrogen-bond acceptors (Lipinski definition) is 4. The Bertz CT molecular complexity index is 451. The first-order valence-corrected chi connectivity index (χ1v) is 6.86. The van der Waals surface area contributed by atoms with Gasteiger partial charge in [-0.05, 0) is 30.5 Å². The van der Waals surface area contributed by atoms with Gasteiger partial charge in [0.25, 0.3) is 0 Å². The highest BCUT2D eigenvalue weighted by Crippen LogP contribution is 2.25. The van der Waals surface area contributed by atoms with Crippen LogP contribution >= 0.6 is 0 Å². The van der Waals surface area contributed by atoms with Crippen molar-refractivity contribution >= 4 is 9.84 Å². The van der Waals surface area contributed by atoms with Crippen molar-refractivity contribution in [1.29, 1.82) is 0 Å². The quantitative estimate of drug-likeness (QED) is 0.840. The lowest BCUT2D eigenvalue weighted by molar-refractivity contribution is 0.288. The lowest BCUT2D eigenvalue weighted by atomic mass is 10.1. The number of aryl methyl sites for hydroxylation is 1. The molecule has 1 aromatic carbocycles. The molecule has 0 saturated heterocycles. The van der Waals surface area contributed by atoms with Gasteiger partial charge in [-0.1, -0.05) is 6.07 Å². The van der Waals surface area contributed by atoms with Gasteiger partial charge in [0, 0.05) is 12.9 Å². The Kier molecular flexibility index (Phi) is 4.32. The van der Waals surface area contributed by atoms with Crippen LogP contribution in [0.5, 0.6) is 5.75 Å². The van der Waals surface area contributed by atoms with Gasteiger partial charge in [0.2, 0.25) is 0 Å². The zero-order valence-electron chi connectivity index (χ0n) is 9.43. The van der Waals surface area contributed by atoms with Crippen LogP contribution in [0.25, 0.3) is 0 Å². The molecule has 0 aliphatic carbocycles. The minimum atomic E-state index is -3.28. The molecule has 1 rings (SSSR count). The molecule has 1 aromatic rings. The van der Waals surface area contributed by atoms with Crippen molar-refractivity contribution in [2.45, 2.75) is 17.7 Å². The number of ether oxygens (including phenoxy) is 1. The maximum atomic E-state index is 11.5. The molecule has 1 N–H and O–H groups in total. The molecule has 0 aliphatic rings. The number of rotatable bonds is 5. The molecule has 0 saturated carbocycles. The SMILES string of the molecule is COc1ccc(CCCO)cc1S(C)(=O)=O. The van der Waals surface area contributed by atoms with E-state index in [4.69, 9.17) is 9.84 Å². The molecule has 0 bridgehead atoms. The van der Waals surface area contributed by atoms with E-state index in [1.54, 1.807) is 12.1 Å². The molecule has 0 fully saturated rings. The normalized spacial score (nSPS) is 11.4. The van der Waals surface area contributed by atoms with Gasteiger partial charge in [-0.3, -0.25) is 0 Å². The number of aliphatic hydroxyl groups is 1. The van der Waals surface area contributed by atoms with Crippen LogP contribution in [-0.2, 0) is 16.3 Å². The molecule has 0 heterocycles. The van der Waals surface area contributed by atoms with E-state index in [2.05, 4.69) is 0 Å². The molecule has 4 nitrogen and oxygen atoms in total. The number of hydrogen-bond donors (Lipinski definition) is 1. The van der Waals surface area contributed by atoms with Crippen molar-refractivity contribution in [2.75, 3.05) is 20.0 Å². The van der Waals surface area contributed by atoms with Crippen LogP contribution in [0.4, 0.5) is 0 Å². The topological polar surface area (TPSA) is 63.6 Å². The van der Waals surface area contributed by atoms with Gasteiger partial charge in [-0.15, -0.1) is 0 Å². The van der Waals surface area contributed by atoms with Crippen LogP contribution in [0, 0.1) is 0 Å². The second kappa shape index (κ2) is 5.32. The van der Waals surface area contributed by atoms with Gasteiger partial charge in [0.15, 0.2) is 9.84 Å². The first-order valence-electron chi connectivity index (χ1n) is 4.97. The third-order valence-electron chi connectivity index (χ3n) is 2.25. The predicted octanol–water partition coefficient (Wildman–Crippen LogP) is 1.02. The molecule has 90 valence electrons. The Balaban J connectivity index is 3.12. The molecule has 0 amide bonds. The predicted molar refractivity (Wildman–Crippen MR) is 61.5 cm³/mol. The molecule has 0 aliphatic heterocycles. The molecule has 0 aromatic heterocycles. The Morgan fingerprint density at radius 3 is 2.56 bits per heavy atom. The van der Waals surface area contributed by atoms with Gasteiger partial charge in [0.05, 0.1) is 7.11 Å². The van der Waals surface area contributed by atoms with E-state index in [9.17, 15) is 8.42 Å². The van der Waals surface area contributed by atoms with Gasteiger partial charge in [-0.25, -0.2) is 8.42 Å². The number of benzene rings is 1. The average molecular weight is 244 g/mol. The maximum Gasteiger partial charge on any atom is 0.179 e. The van der Waals surface area contributed by atoms with Crippen molar-refractivity contribution in [3.63, 3.8) is 0 Å². The Hall–Kier alpha value is -1.07. The van der Waals surface area contributed by atoms with Gasteiger partial charge in [0.1, 0.15) is 10.6 Å². The summed E-state index contributed by atoms with van der Waals surface area (Å²) in [6.45, 7) is 0.0975. The molecule has 0 unspecified atom stereocenters. The van der Waals surface area contributed by atoms with E-state index < -0.39 is 9.84 Å². The first kappa shape index (κ1) is 13.0. The van der Waals surface area contributed by atoms with E-state index in [1.165, 1.54) is 7.11 Å². The molecule has 5 heteroatoms. The second-order valence-corrected chi connectivity index (χ2v) is 5.57. The van der Waals surface area contributed by atoms with Crippen LogP contribution in [-0.4, -0.2) is 33.5 Å². The van der Waals surface area contributed by atoms with Crippen LogP contribution in [0.15, 0.2) is 23.1 Å². The van der Waals surface area contributed by atoms with Crippen LogP contribution in [0.2, 0.25) is 0 Å². The van der Waals surface area contributed by atoms with E-state index in [0.29, 0.717) is 18.6 Å². The van der Waals surface area contributed by atoms with Gasteiger partial charge >= 0.3 is 0 Å². The van der Waals surface area contributed by atoms with Crippen LogP contribution in [0.3, 0.4) is 0 Å². The van der Waals surface area contributed by atoms with Gasteiger partial charge in [-0.2, -0.15) is 0 Å². The van der Waals surface area contributed by atoms with E-state index in [1.807, 2.05) is 6.07 Å². The lowest BCUT2D eigenvalue weighted by Crippen LogP contribution is -2.02. The molecule has 0 spiro atoms. The summed E-state index contributed by atoms with van der Waals surface area (Å²) in [5, 5.41) is 8.71. The van der Waals surface area contributed by atoms with Crippen molar-refractivity contribution < 1.29 is 18.3 Å². The zero-order valence-corrected chi connectivity index (χ0v) is 10.3. The summed E-state index contributed by atoms with van der Waals surface area (Å²) in [4.78, 5) is 0.199. The molecular weight excluding hydrogens is 228 g/mol. The monoisotopic (exact) mass is 244 g/mol. The van der Waals surface area contributed by atoms with Crippen molar-refractivity contribution in [1.82, 2.24) is 0 Å². The van der Waals surface area contributed by atoms with Crippen molar-refractivity contribution in [2.24, 2.45) is 0 Å². The highest BCUT2D eigenvalue weighted by molar-refractivity contribution is 7.90. The number of methoxy groups -OCH3 is 1. The molecule has 0 radical (unpaired) electrons. The van der Waals surface area contributed by atoms with Crippen LogP contribution in [0.1, 0.15) is 12.0 Å². The molecule has 0 atom stereocenters. The fraction of sp³-hybridized carbons (Fsp3) is 0.455. The smallest absolute Gasteiger partial charge is 0.179 e.